The molecule has 16 heavy (non-hydrogen) atoms. The lowest BCUT2D eigenvalue weighted by molar-refractivity contribution is 0.0318. The Balaban J connectivity index is 1.93. The molecule has 1 fully saturated rings. The topological polar surface area (TPSA) is 44.5 Å². The first-order chi connectivity index (χ1) is 7.79. The number of nitrogens with two attached hydrogens (primary N) is 1. The summed E-state index contributed by atoms with van der Waals surface area (Å²) in [6, 6.07) is 5.85. The Kier molecular flexibility index (Phi) is 4.18. The zero-order valence-electron chi connectivity index (χ0n) is 9.12. The second-order valence-electron chi connectivity index (χ2n) is 3.93. The molecule has 88 valence electrons. The molecule has 2 rings (SSSR count). The van der Waals surface area contributed by atoms with Gasteiger partial charge in [-0.15, -0.1) is 0 Å². The summed E-state index contributed by atoms with van der Waals surface area (Å²) in [4.78, 5) is 0. The Morgan fingerprint density at radius 1 is 1.50 bits per heavy atom. The predicted molar refractivity (Wildman–Crippen MR) is 63.4 cm³/mol. The van der Waals surface area contributed by atoms with E-state index >= 15 is 0 Å². The number of hydrogen-bond acceptors (Lipinski definition) is 3. The first-order valence-corrected chi connectivity index (χ1v) is 5.84. The normalized spacial score (nSPS) is 20.2. The maximum absolute atomic E-state index is 6.13. The molecule has 1 atom stereocenters. The molecule has 0 radical (unpaired) electrons. The Morgan fingerprint density at radius 2 is 2.38 bits per heavy atom. The molecule has 2 N–H and O–H groups in total. The molecule has 0 aliphatic carbocycles. The third-order valence-electron chi connectivity index (χ3n) is 2.72. The second-order valence-corrected chi connectivity index (χ2v) is 4.33. The molecule has 0 spiro atoms. The van der Waals surface area contributed by atoms with Gasteiger partial charge in [0.25, 0.3) is 0 Å². The third-order valence-corrected chi connectivity index (χ3v) is 3.07. The van der Waals surface area contributed by atoms with Crippen LogP contribution in [0, 0.1) is 0 Å². The van der Waals surface area contributed by atoms with Gasteiger partial charge < -0.3 is 15.2 Å². The molecule has 0 aromatic heterocycles. The molecule has 3 nitrogen and oxygen atoms in total. The summed E-state index contributed by atoms with van der Waals surface area (Å²) in [7, 11) is 0. The minimum atomic E-state index is 0.213. The largest absolute Gasteiger partial charge is 0.379 e. The van der Waals surface area contributed by atoms with E-state index in [1.54, 1.807) is 0 Å². The van der Waals surface area contributed by atoms with Gasteiger partial charge in [-0.05, 0) is 23.6 Å². The lowest BCUT2D eigenvalue weighted by Crippen LogP contribution is -2.12. The number of halogens is 1. The number of ether oxygens (including phenoxy) is 2. The average Bonchev–Trinajstić information content (AvgIpc) is 2.80. The van der Waals surface area contributed by atoms with Crippen molar-refractivity contribution >= 4 is 11.6 Å². The first kappa shape index (κ1) is 11.9. The summed E-state index contributed by atoms with van der Waals surface area (Å²) < 4.78 is 10.9. The summed E-state index contributed by atoms with van der Waals surface area (Å²) in [5, 5.41) is 0.724. The highest BCUT2D eigenvalue weighted by Crippen LogP contribution is 2.20. The molecule has 0 saturated carbocycles. The van der Waals surface area contributed by atoms with Gasteiger partial charge in [0.1, 0.15) is 0 Å². The summed E-state index contributed by atoms with van der Waals surface area (Å²) in [5.41, 5.74) is 7.58. The Morgan fingerprint density at radius 3 is 3.00 bits per heavy atom. The van der Waals surface area contributed by atoms with Gasteiger partial charge in [-0.2, -0.15) is 0 Å². The average molecular weight is 242 g/mol. The SMILES string of the molecule is NCc1ccc(COC2CCOC2)c(Cl)c1. The van der Waals surface area contributed by atoms with Gasteiger partial charge in [-0.25, -0.2) is 0 Å². The van der Waals surface area contributed by atoms with E-state index in [-0.39, 0.29) is 6.10 Å². The second kappa shape index (κ2) is 5.64. The highest BCUT2D eigenvalue weighted by Gasteiger charge is 2.16. The van der Waals surface area contributed by atoms with Crippen LogP contribution in [0.15, 0.2) is 18.2 Å². The van der Waals surface area contributed by atoms with Crippen molar-refractivity contribution in [3.05, 3.63) is 34.3 Å². The van der Waals surface area contributed by atoms with Crippen LogP contribution in [0.3, 0.4) is 0 Å². The fourth-order valence-electron chi connectivity index (χ4n) is 1.69. The smallest absolute Gasteiger partial charge is 0.0835 e. The van der Waals surface area contributed by atoms with Crippen molar-refractivity contribution in [2.75, 3.05) is 13.2 Å². The lowest BCUT2D eigenvalue weighted by Gasteiger charge is -2.11. The monoisotopic (exact) mass is 241 g/mol. The van der Waals surface area contributed by atoms with E-state index < -0.39 is 0 Å². The molecule has 1 aromatic rings. The third kappa shape index (κ3) is 2.95. The molecule has 1 aromatic carbocycles. The van der Waals surface area contributed by atoms with Crippen molar-refractivity contribution < 1.29 is 9.47 Å². The predicted octanol–water partition coefficient (Wildman–Crippen LogP) is 2.10. The van der Waals surface area contributed by atoms with E-state index in [4.69, 9.17) is 26.8 Å². The molecule has 1 aliphatic rings. The minimum Gasteiger partial charge on any atom is -0.379 e. The summed E-state index contributed by atoms with van der Waals surface area (Å²) >= 11 is 6.13. The highest BCUT2D eigenvalue weighted by atomic mass is 35.5. The Hall–Kier alpha value is -0.610. The molecule has 0 amide bonds. The number of rotatable bonds is 4. The Bertz CT molecular complexity index is 351. The van der Waals surface area contributed by atoms with Gasteiger partial charge in [0.15, 0.2) is 0 Å². The van der Waals surface area contributed by atoms with E-state index in [2.05, 4.69) is 0 Å². The summed E-state index contributed by atoms with van der Waals surface area (Å²) in [6.45, 7) is 2.54. The van der Waals surface area contributed by atoms with Crippen LogP contribution < -0.4 is 5.73 Å². The van der Waals surface area contributed by atoms with Gasteiger partial charge in [0.05, 0.1) is 19.3 Å². The fourth-order valence-corrected chi connectivity index (χ4v) is 1.94. The van der Waals surface area contributed by atoms with Crippen LogP contribution in [-0.2, 0) is 22.6 Å². The van der Waals surface area contributed by atoms with Crippen molar-refractivity contribution in [2.24, 2.45) is 5.73 Å². The van der Waals surface area contributed by atoms with Crippen molar-refractivity contribution in [3.8, 4) is 0 Å². The standard InChI is InChI=1S/C12H16ClNO2/c13-12-5-9(6-14)1-2-10(12)7-16-11-3-4-15-8-11/h1-2,5,11H,3-4,6-8,14H2. The summed E-state index contributed by atoms with van der Waals surface area (Å²) in [5.74, 6) is 0. The quantitative estimate of drug-likeness (QED) is 0.878. The molecule has 1 aliphatic heterocycles. The van der Waals surface area contributed by atoms with Gasteiger partial charge in [0.2, 0.25) is 0 Å². The van der Waals surface area contributed by atoms with Crippen molar-refractivity contribution in [1.29, 1.82) is 0 Å². The molecule has 1 unspecified atom stereocenters. The Labute approximate surface area is 100 Å². The maximum Gasteiger partial charge on any atom is 0.0835 e. The van der Waals surface area contributed by atoms with Gasteiger partial charge in [-0.1, -0.05) is 23.7 Å². The molecular weight excluding hydrogens is 226 g/mol. The fraction of sp³-hybridized carbons (Fsp3) is 0.500. The van der Waals surface area contributed by atoms with Crippen LogP contribution in [0.1, 0.15) is 17.5 Å². The van der Waals surface area contributed by atoms with E-state index in [9.17, 15) is 0 Å². The van der Waals surface area contributed by atoms with E-state index in [0.29, 0.717) is 19.8 Å². The maximum atomic E-state index is 6.13. The van der Waals surface area contributed by atoms with Gasteiger partial charge in [-0.3, -0.25) is 0 Å². The molecular formula is C12H16ClNO2. The number of benzene rings is 1. The molecule has 4 heteroatoms. The van der Waals surface area contributed by atoms with E-state index in [1.165, 1.54) is 0 Å². The van der Waals surface area contributed by atoms with Crippen LogP contribution in [0.4, 0.5) is 0 Å². The van der Waals surface area contributed by atoms with Crippen molar-refractivity contribution in [1.82, 2.24) is 0 Å². The van der Waals surface area contributed by atoms with Crippen molar-refractivity contribution in [3.63, 3.8) is 0 Å². The highest BCUT2D eigenvalue weighted by molar-refractivity contribution is 6.31. The van der Waals surface area contributed by atoms with Crippen LogP contribution >= 0.6 is 11.6 Å². The van der Waals surface area contributed by atoms with Gasteiger partial charge >= 0.3 is 0 Å². The van der Waals surface area contributed by atoms with Crippen LogP contribution in [0.5, 0.6) is 0 Å². The minimum absolute atomic E-state index is 0.213. The molecule has 1 heterocycles. The van der Waals surface area contributed by atoms with E-state index in [0.717, 1.165) is 29.2 Å². The summed E-state index contributed by atoms with van der Waals surface area (Å²) in [6.07, 6.45) is 1.18. The van der Waals surface area contributed by atoms with Crippen LogP contribution in [-0.4, -0.2) is 19.3 Å². The van der Waals surface area contributed by atoms with Crippen LogP contribution in [0.2, 0.25) is 5.02 Å². The zero-order valence-corrected chi connectivity index (χ0v) is 9.87. The van der Waals surface area contributed by atoms with Crippen LogP contribution in [0.25, 0.3) is 0 Å². The van der Waals surface area contributed by atoms with Crippen molar-refractivity contribution in [2.45, 2.75) is 25.7 Å². The number of hydrogen-bond donors (Lipinski definition) is 1. The first-order valence-electron chi connectivity index (χ1n) is 5.46. The van der Waals surface area contributed by atoms with Gasteiger partial charge in [0, 0.05) is 18.2 Å². The molecule has 1 saturated heterocycles. The van der Waals surface area contributed by atoms with E-state index in [1.807, 2.05) is 18.2 Å². The molecule has 0 bridgehead atoms. The zero-order chi connectivity index (χ0) is 11.4. The lowest BCUT2D eigenvalue weighted by atomic mass is 10.1.